The van der Waals surface area contributed by atoms with Crippen LogP contribution in [0.4, 0.5) is 0 Å². The molecule has 1 aromatic heterocycles. The summed E-state index contributed by atoms with van der Waals surface area (Å²) < 4.78 is 15.9. The molecule has 0 bridgehead atoms. The number of nitrogens with zero attached hydrogens (tertiary/aromatic N) is 1. The number of esters is 2. The third-order valence-electron chi connectivity index (χ3n) is 5.44. The average molecular weight is 407 g/mol. The molecule has 1 aromatic carbocycles. The molecule has 6 nitrogen and oxygen atoms in total. The fraction of sp³-hybridized carbons (Fsp3) is 0.375. The molecule has 6 heteroatoms. The lowest BCUT2D eigenvalue weighted by Crippen LogP contribution is -2.10. The number of rotatable bonds is 8. The third-order valence-corrected chi connectivity index (χ3v) is 5.44. The molecular formula is C24H25NO5. The first kappa shape index (κ1) is 21.4. The Bertz CT molecular complexity index is 981. The van der Waals surface area contributed by atoms with Gasteiger partial charge in [0.1, 0.15) is 24.0 Å². The van der Waals surface area contributed by atoms with Gasteiger partial charge in [0.25, 0.3) is 0 Å². The van der Waals surface area contributed by atoms with Crippen LogP contribution in [0.5, 0.6) is 0 Å². The fourth-order valence-corrected chi connectivity index (χ4v) is 3.61. The molecule has 0 saturated heterocycles. The van der Waals surface area contributed by atoms with E-state index >= 15 is 0 Å². The van der Waals surface area contributed by atoms with Gasteiger partial charge >= 0.3 is 11.9 Å². The minimum atomic E-state index is -0.667. The number of ether oxygens (including phenoxy) is 2. The quantitative estimate of drug-likeness (QED) is 0.370. The van der Waals surface area contributed by atoms with Crippen molar-refractivity contribution in [2.45, 2.75) is 33.8 Å². The van der Waals surface area contributed by atoms with Gasteiger partial charge in [-0.1, -0.05) is 50.3 Å². The van der Waals surface area contributed by atoms with Crippen molar-refractivity contribution in [2.24, 2.45) is 17.3 Å². The molecule has 0 aliphatic heterocycles. The number of furan rings is 1. The van der Waals surface area contributed by atoms with Crippen molar-refractivity contribution >= 4 is 11.9 Å². The van der Waals surface area contributed by atoms with Crippen molar-refractivity contribution in [1.29, 1.82) is 5.26 Å². The normalized spacial score (nSPS) is 19.6. The van der Waals surface area contributed by atoms with Gasteiger partial charge in [-0.3, -0.25) is 4.79 Å². The molecule has 3 rings (SSSR count). The summed E-state index contributed by atoms with van der Waals surface area (Å²) in [6, 6.07) is 13.7. The molecule has 30 heavy (non-hydrogen) atoms. The Balaban J connectivity index is 1.57. The third kappa shape index (κ3) is 4.80. The fourth-order valence-electron chi connectivity index (χ4n) is 3.61. The van der Waals surface area contributed by atoms with Gasteiger partial charge in [0.2, 0.25) is 0 Å². The maximum atomic E-state index is 12.6. The summed E-state index contributed by atoms with van der Waals surface area (Å²) in [4.78, 5) is 24.4. The largest absolute Gasteiger partial charge is 0.469 e. The second kappa shape index (κ2) is 9.00. The van der Waals surface area contributed by atoms with Crippen LogP contribution in [0.3, 0.4) is 0 Å². The molecule has 1 fully saturated rings. The highest BCUT2D eigenvalue weighted by atomic mass is 16.5. The first-order valence-electron chi connectivity index (χ1n) is 9.92. The minimum Gasteiger partial charge on any atom is -0.469 e. The first-order chi connectivity index (χ1) is 14.4. The highest BCUT2D eigenvalue weighted by Gasteiger charge is 2.61. The predicted molar refractivity (Wildman–Crippen MR) is 109 cm³/mol. The Kier molecular flexibility index (Phi) is 6.41. The van der Waals surface area contributed by atoms with Crippen molar-refractivity contribution in [3.05, 3.63) is 71.2 Å². The summed E-state index contributed by atoms with van der Waals surface area (Å²) in [6.07, 6.45) is 3.79. The van der Waals surface area contributed by atoms with E-state index in [1.165, 1.54) is 6.08 Å². The highest BCUT2D eigenvalue weighted by Crippen LogP contribution is 2.59. The maximum Gasteiger partial charge on any atom is 0.348 e. The predicted octanol–water partition coefficient (Wildman–Crippen LogP) is 4.20. The van der Waals surface area contributed by atoms with Crippen LogP contribution in [0.25, 0.3) is 0 Å². The Morgan fingerprint density at radius 1 is 1.20 bits per heavy atom. The summed E-state index contributed by atoms with van der Waals surface area (Å²) in [7, 11) is 0. The number of carbonyl (C=O) groups is 2. The lowest BCUT2D eigenvalue weighted by Gasteiger charge is -2.03. The second-order valence-electron chi connectivity index (χ2n) is 7.93. The van der Waals surface area contributed by atoms with Gasteiger partial charge in [0.15, 0.2) is 0 Å². The molecule has 0 amide bonds. The van der Waals surface area contributed by atoms with Gasteiger partial charge in [-0.15, -0.1) is 0 Å². The highest BCUT2D eigenvalue weighted by molar-refractivity contribution is 5.93. The molecular weight excluding hydrogens is 382 g/mol. The Morgan fingerprint density at radius 2 is 1.93 bits per heavy atom. The molecule has 0 N–H and O–H groups in total. The van der Waals surface area contributed by atoms with E-state index in [0.29, 0.717) is 6.42 Å². The summed E-state index contributed by atoms with van der Waals surface area (Å²) in [6.45, 7) is 5.80. The number of carbonyl (C=O) groups excluding carboxylic acids is 2. The van der Waals surface area contributed by atoms with E-state index < -0.39 is 11.9 Å². The summed E-state index contributed by atoms with van der Waals surface area (Å²) in [5, 5.41) is 9.21. The van der Waals surface area contributed by atoms with Crippen LogP contribution in [0.15, 0.2) is 58.7 Å². The molecule has 1 aliphatic carbocycles. The second-order valence-corrected chi connectivity index (χ2v) is 7.93. The standard InChI is InChI=1S/C24H25NO5/c1-4-28-22(26)18(13-25)12-20-21(24(20,2)3)23(27)30-15-17-11-19(29-14-17)10-16-8-6-5-7-9-16/h5-9,11-12,14,20-21H,4,10,15H2,1-3H3/t20-,21+/m1/s1. The van der Waals surface area contributed by atoms with Crippen molar-refractivity contribution in [3.63, 3.8) is 0 Å². The number of hydrogen-bond donors (Lipinski definition) is 0. The molecule has 0 unspecified atom stereocenters. The zero-order valence-corrected chi connectivity index (χ0v) is 17.4. The molecule has 1 saturated carbocycles. The lowest BCUT2D eigenvalue weighted by atomic mass is 10.1. The van der Waals surface area contributed by atoms with Crippen molar-refractivity contribution in [3.8, 4) is 6.07 Å². The van der Waals surface area contributed by atoms with Crippen molar-refractivity contribution < 1.29 is 23.5 Å². The van der Waals surface area contributed by atoms with E-state index in [-0.39, 0.29) is 36.1 Å². The van der Waals surface area contributed by atoms with Crippen LogP contribution < -0.4 is 0 Å². The van der Waals surface area contributed by atoms with E-state index in [4.69, 9.17) is 13.9 Å². The number of benzene rings is 1. The topological polar surface area (TPSA) is 89.5 Å². The van der Waals surface area contributed by atoms with Crippen molar-refractivity contribution in [1.82, 2.24) is 0 Å². The molecule has 0 radical (unpaired) electrons. The molecule has 2 atom stereocenters. The van der Waals surface area contributed by atoms with Gasteiger partial charge in [0, 0.05) is 12.0 Å². The van der Waals surface area contributed by atoms with Gasteiger partial charge in [-0.05, 0) is 29.9 Å². The van der Waals surface area contributed by atoms with E-state index in [9.17, 15) is 14.9 Å². The van der Waals surface area contributed by atoms with Crippen LogP contribution in [-0.4, -0.2) is 18.5 Å². The van der Waals surface area contributed by atoms with E-state index in [0.717, 1.165) is 16.9 Å². The zero-order valence-electron chi connectivity index (χ0n) is 17.4. The Labute approximate surface area is 176 Å². The van der Waals surface area contributed by atoms with Gasteiger partial charge < -0.3 is 13.9 Å². The number of hydrogen-bond acceptors (Lipinski definition) is 6. The zero-order chi connectivity index (χ0) is 21.7. The van der Waals surface area contributed by atoms with E-state index in [1.807, 2.05) is 56.3 Å². The van der Waals surface area contributed by atoms with Crippen LogP contribution in [0.1, 0.15) is 37.7 Å². The number of nitriles is 1. The first-order valence-corrected chi connectivity index (χ1v) is 9.92. The summed E-state index contributed by atoms with van der Waals surface area (Å²) in [5.41, 5.74) is 1.45. The van der Waals surface area contributed by atoms with Crippen LogP contribution in [0.2, 0.25) is 0 Å². The molecule has 156 valence electrons. The monoisotopic (exact) mass is 407 g/mol. The lowest BCUT2D eigenvalue weighted by molar-refractivity contribution is -0.147. The smallest absolute Gasteiger partial charge is 0.348 e. The van der Waals surface area contributed by atoms with Crippen LogP contribution in [0, 0.1) is 28.6 Å². The SMILES string of the molecule is CCOC(=O)C(C#N)=C[C@@H]1[C@@H](C(=O)OCc2coc(Cc3ccccc3)c2)C1(C)C. The van der Waals surface area contributed by atoms with Gasteiger partial charge in [-0.2, -0.15) is 5.26 Å². The molecule has 1 heterocycles. The molecule has 2 aromatic rings. The molecule has 1 aliphatic rings. The Hall–Kier alpha value is -3.33. The minimum absolute atomic E-state index is 0.0781. The molecule has 0 spiro atoms. The summed E-state index contributed by atoms with van der Waals surface area (Å²) in [5.74, 6) is -0.881. The van der Waals surface area contributed by atoms with Gasteiger partial charge in [-0.25, -0.2) is 4.79 Å². The number of allylic oxidation sites excluding steroid dienone is 1. The van der Waals surface area contributed by atoms with E-state index in [1.54, 1.807) is 13.2 Å². The maximum absolute atomic E-state index is 12.6. The van der Waals surface area contributed by atoms with Crippen LogP contribution in [-0.2, 0) is 32.1 Å². The Morgan fingerprint density at radius 3 is 2.60 bits per heavy atom. The van der Waals surface area contributed by atoms with E-state index in [2.05, 4.69) is 0 Å². The van der Waals surface area contributed by atoms with Crippen LogP contribution >= 0.6 is 0 Å². The summed E-state index contributed by atoms with van der Waals surface area (Å²) >= 11 is 0. The van der Waals surface area contributed by atoms with Gasteiger partial charge in [0.05, 0.1) is 18.8 Å². The van der Waals surface area contributed by atoms with Crippen molar-refractivity contribution in [2.75, 3.05) is 6.61 Å². The average Bonchev–Trinajstić information content (AvgIpc) is 3.03.